The Balaban J connectivity index is 1.24. The van der Waals surface area contributed by atoms with Crippen LogP contribution in [0.4, 0.5) is 13.2 Å². The van der Waals surface area contributed by atoms with Crippen molar-refractivity contribution in [2.24, 2.45) is 0 Å². The van der Waals surface area contributed by atoms with Crippen molar-refractivity contribution in [3.8, 4) is 11.4 Å². The maximum absolute atomic E-state index is 12.8. The number of rotatable bonds is 7. The van der Waals surface area contributed by atoms with Gasteiger partial charge in [-0.2, -0.15) is 18.2 Å². The third-order valence-corrected chi connectivity index (χ3v) is 6.27. The minimum absolute atomic E-state index is 0.0148. The number of amides is 1. The number of thioether (sulfide) groups is 1. The molecule has 0 aliphatic carbocycles. The van der Waals surface area contributed by atoms with Gasteiger partial charge >= 0.3 is 5.51 Å². The predicted octanol–water partition coefficient (Wildman–Crippen LogP) is 4.44. The van der Waals surface area contributed by atoms with Crippen LogP contribution in [0.25, 0.3) is 11.4 Å². The Kier molecular flexibility index (Phi) is 7.52. The molecule has 11 heteroatoms. The second-order valence-electron chi connectivity index (χ2n) is 8.02. The van der Waals surface area contributed by atoms with Crippen LogP contribution in [0, 0.1) is 6.92 Å². The number of piperazine rings is 1. The van der Waals surface area contributed by atoms with Gasteiger partial charge in [0.25, 0.3) is 5.91 Å². The lowest BCUT2D eigenvalue weighted by Crippen LogP contribution is -2.49. The van der Waals surface area contributed by atoms with Crippen LogP contribution < -0.4 is 0 Å². The van der Waals surface area contributed by atoms with E-state index in [1.807, 2.05) is 31.2 Å². The first-order valence-corrected chi connectivity index (χ1v) is 11.7. The molecule has 34 heavy (non-hydrogen) atoms. The van der Waals surface area contributed by atoms with Gasteiger partial charge in [0.2, 0.25) is 11.7 Å². The molecule has 0 spiro atoms. The largest absolute Gasteiger partial charge is 0.447 e. The molecule has 0 N–H and O–H groups in total. The summed E-state index contributed by atoms with van der Waals surface area (Å²) in [6.07, 6.45) is 2.72. The number of halogens is 3. The Bertz CT molecular complexity index is 1110. The van der Waals surface area contributed by atoms with Crippen LogP contribution in [-0.2, 0) is 6.42 Å². The Morgan fingerprint density at radius 1 is 1.12 bits per heavy atom. The van der Waals surface area contributed by atoms with Crippen molar-refractivity contribution in [2.75, 3.05) is 32.7 Å². The van der Waals surface area contributed by atoms with Crippen molar-refractivity contribution in [1.82, 2.24) is 24.9 Å². The molecule has 1 amide bonds. The topological polar surface area (TPSA) is 75.4 Å². The molecular formula is C23H24F3N5O2S. The average molecular weight is 492 g/mol. The number of pyridine rings is 1. The Morgan fingerprint density at radius 3 is 2.56 bits per heavy atom. The van der Waals surface area contributed by atoms with Crippen LogP contribution >= 0.6 is 11.8 Å². The normalized spacial score (nSPS) is 15.0. The summed E-state index contributed by atoms with van der Waals surface area (Å²) in [5.41, 5.74) is -2.44. The number of aryl methyl sites for hydroxylation is 2. The molecule has 3 aromatic rings. The van der Waals surface area contributed by atoms with Gasteiger partial charge in [-0.25, -0.2) is 4.98 Å². The van der Waals surface area contributed by atoms with E-state index in [-0.39, 0.29) is 22.4 Å². The predicted molar refractivity (Wildman–Crippen MR) is 121 cm³/mol. The van der Waals surface area contributed by atoms with E-state index in [4.69, 9.17) is 4.52 Å². The second kappa shape index (κ2) is 10.6. The molecule has 180 valence electrons. The number of carbonyl (C=O) groups excluding carboxylic acids is 1. The third-order valence-electron chi connectivity index (χ3n) is 5.52. The number of carbonyl (C=O) groups is 1. The maximum Gasteiger partial charge on any atom is 0.447 e. The average Bonchev–Trinajstić information content (AvgIpc) is 3.28. The summed E-state index contributed by atoms with van der Waals surface area (Å²) in [6, 6.07) is 10.8. The number of benzene rings is 1. The number of nitrogens with zero attached hydrogens (tertiary/aromatic N) is 5. The minimum Gasteiger partial charge on any atom is -0.339 e. The molecule has 1 aliphatic rings. The van der Waals surface area contributed by atoms with Gasteiger partial charge in [0, 0.05) is 56.1 Å². The zero-order valence-corrected chi connectivity index (χ0v) is 19.4. The summed E-state index contributed by atoms with van der Waals surface area (Å²) in [5, 5.41) is 3.73. The molecule has 0 atom stereocenters. The first-order chi connectivity index (χ1) is 16.3. The Hall–Kier alpha value is -2.92. The number of hydrogen-bond donors (Lipinski definition) is 0. The van der Waals surface area contributed by atoms with E-state index in [0.29, 0.717) is 44.3 Å². The monoisotopic (exact) mass is 491 g/mol. The number of alkyl halides is 3. The molecule has 1 aromatic carbocycles. The molecule has 1 fully saturated rings. The van der Waals surface area contributed by atoms with E-state index in [0.717, 1.165) is 24.1 Å². The fourth-order valence-corrected chi connectivity index (χ4v) is 4.32. The van der Waals surface area contributed by atoms with Crippen LogP contribution in [0.5, 0.6) is 0 Å². The van der Waals surface area contributed by atoms with Crippen molar-refractivity contribution < 1.29 is 22.5 Å². The highest BCUT2D eigenvalue weighted by Crippen LogP contribution is 2.37. The van der Waals surface area contributed by atoms with Crippen LogP contribution in [0.2, 0.25) is 0 Å². The van der Waals surface area contributed by atoms with E-state index in [9.17, 15) is 18.0 Å². The summed E-state index contributed by atoms with van der Waals surface area (Å²) >= 11 is -0.359. The lowest BCUT2D eigenvalue weighted by Gasteiger charge is -2.34. The maximum atomic E-state index is 12.8. The third kappa shape index (κ3) is 6.35. The fourth-order valence-electron chi connectivity index (χ4n) is 3.72. The quantitative estimate of drug-likeness (QED) is 0.452. The number of aromatic nitrogens is 3. The lowest BCUT2D eigenvalue weighted by molar-refractivity contribution is -0.0329. The van der Waals surface area contributed by atoms with Gasteiger partial charge in [-0.3, -0.25) is 9.69 Å². The molecule has 2 aromatic heterocycles. The highest BCUT2D eigenvalue weighted by molar-refractivity contribution is 8.00. The molecule has 4 rings (SSSR count). The molecule has 0 bridgehead atoms. The van der Waals surface area contributed by atoms with Crippen molar-refractivity contribution in [1.29, 1.82) is 0 Å². The van der Waals surface area contributed by atoms with E-state index in [1.165, 1.54) is 18.3 Å². The molecule has 1 saturated heterocycles. The first kappa shape index (κ1) is 24.2. The molecule has 7 nitrogen and oxygen atoms in total. The van der Waals surface area contributed by atoms with E-state index < -0.39 is 11.4 Å². The van der Waals surface area contributed by atoms with Gasteiger partial charge in [-0.15, -0.1) is 0 Å². The Morgan fingerprint density at radius 2 is 1.85 bits per heavy atom. The highest BCUT2D eigenvalue weighted by Gasteiger charge is 2.33. The highest BCUT2D eigenvalue weighted by atomic mass is 32.2. The van der Waals surface area contributed by atoms with Crippen LogP contribution in [0.15, 0.2) is 52.1 Å². The van der Waals surface area contributed by atoms with Gasteiger partial charge in [0.1, 0.15) is 5.03 Å². The smallest absolute Gasteiger partial charge is 0.339 e. The zero-order chi connectivity index (χ0) is 24.1. The van der Waals surface area contributed by atoms with E-state index in [2.05, 4.69) is 20.0 Å². The van der Waals surface area contributed by atoms with Gasteiger partial charge in [-0.05, 0) is 32.0 Å². The summed E-state index contributed by atoms with van der Waals surface area (Å²) < 4.78 is 43.8. The molecular weight excluding hydrogens is 467 g/mol. The van der Waals surface area contributed by atoms with Crippen LogP contribution in [0.3, 0.4) is 0 Å². The van der Waals surface area contributed by atoms with Crippen LogP contribution in [0.1, 0.15) is 28.2 Å². The minimum atomic E-state index is -4.50. The van der Waals surface area contributed by atoms with Crippen molar-refractivity contribution in [3.63, 3.8) is 0 Å². The first-order valence-electron chi connectivity index (χ1n) is 10.9. The van der Waals surface area contributed by atoms with Crippen molar-refractivity contribution in [3.05, 3.63) is 59.6 Å². The molecule has 0 radical (unpaired) electrons. The molecule has 1 aliphatic heterocycles. The zero-order valence-electron chi connectivity index (χ0n) is 18.6. The Labute approximate surface area is 199 Å². The van der Waals surface area contributed by atoms with Gasteiger partial charge in [0.15, 0.2) is 0 Å². The molecule has 0 unspecified atom stereocenters. The molecule has 0 saturated carbocycles. The van der Waals surface area contributed by atoms with E-state index in [1.54, 1.807) is 4.90 Å². The standard InChI is InChI=1S/C23H24F3N5O2S/c1-16-6-8-17(9-7-16)20-28-19(33-29-20)5-3-11-30-12-14-31(15-13-30)22(32)18-4-2-10-27-21(18)34-23(24,25)26/h2,4,6-10H,3,5,11-15H2,1H3. The lowest BCUT2D eigenvalue weighted by atomic mass is 10.1. The van der Waals surface area contributed by atoms with Crippen molar-refractivity contribution >= 4 is 17.7 Å². The summed E-state index contributed by atoms with van der Waals surface area (Å²) in [4.78, 5) is 24.8. The van der Waals surface area contributed by atoms with E-state index >= 15 is 0 Å². The van der Waals surface area contributed by atoms with Gasteiger partial charge in [0.05, 0.1) is 5.56 Å². The molecule has 3 heterocycles. The van der Waals surface area contributed by atoms with Crippen molar-refractivity contribution in [2.45, 2.75) is 30.3 Å². The van der Waals surface area contributed by atoms with Gasteiger partial charge < -0.3 is 9.42 Å². The fraction of sp³-hybridized carbons (Fsp3) is 0.391. The van der Waals surface area contributed by atoms with Gasteiger partial charge in [-0.1, -0.05) is 35.0 Å². The summed E-state index contributed by atoms with van der Waals surface area (Å²) in [6.45, 7) is 5.00. The SMILES string of the molecule is Cc1ccc(-c2noc(CCCN3CCN(C(=O)c4cccnc4SC(F)(F)F)CC3)n2)cc1. The van der Waals surface area contributed by atoms with Crippen LogP contribution in [-0.4, -0.2) is 69.1 Å². The summed E-state index contributed by atoms with van der Waals surface area (Å²) in [5.74, 6) is 0.727. The number of hydrogen-bond acceptors (Lipinski definition) is 7. The second-order valence-corrected chi connectivity index (χ2v) is 9.07. The summed E-state index contributed by atoms with van der Waals surface area (Å²) in [7, 11) is 0.